The van der Waals surface area contributed by atoms with Gasteiger partial charge in [0.15, 0.2) is 0 Å². The first kappa shape index (κ1) is 19.9. The molecule has 1 N–H and O–H groups in total. The summed E-state index contributed by atoms with van der Waals surface area (Å²) in [5.74, 6) is -0.983. The molecule has 0 unspecified atom stereocenters. The quantitative estimate of drug-likeness (QED) is 0.696. The molecule has 31 heavy (non-hydrogen) atoms. The average molecular weight is 426 g/mol. The summed E-state index contributed by atoms with van der Waals surface area (Å²) in [4.78, 5) is 21.2. The van der Waals surface area contributed by atoms with E-state index in [1.165, 1.54) is 12.1 Å². The second kappa shape index (κ2) is 7.92. The van der Waals surface area contributed by atoms with E-state index in [1.807, 2.05) is 18.3 Å². The number of aliphatic hydroxyl groups is 1. The first-order valence-electron chi connectivity index (χ1n) is 10.7. The number of carbonyl (C=O) groups excluding carboxylic acids is 1. The first-order valence-corrected chi connectivity index (χ1v) is 10.7. The Morgan fingerprint density at radius 1 is 1.06 bits per heavy atom. The normalized spacial score (nSPS) is 20.0. The van der Waals surface area contributed by atoms with Gasteiger partial charge in [0.2, 0.25) is 0 Å². The zero-order chi connectivity index (χ0) is 21.5. The Balaban J connectivity index is 1.47. The molecule has 4 heterocycles. The van der Waals surface area contributed by atoms with Crippen LogP contribution in [0.15, 0.2) is 42.7 Å². The summed E-state index contributed by atoms with van der Waals surface area (Å²) in [5.41, 5.74) is 2.30. The molecule has 2 aliphatic heterocycles. The summed E-state index contributed by atoms with van der Waals surface area (Å²) in [6.45, 7) is 1.74. The number of anilines is 1. The molecule has 5 rings (SSSR count). The third kappa shape index (κ3) is 3.65. The Kier molecular flexibility index (Phi) is 5.09. The van der Waals surface area contributed by atoms with Crippen molar-refractivity contribution in [3.63, 3.8) is 0 Å². The van der Waals surface area contributed by atoms with Crippen molar-refractivity contribution in [2.75, 3.05) is 24.5 Å². The molecule has 3 aromatic rings. The lowest BCUT2D eigenvalue weighted by Crippen LogP contribution is -2.40. The summed E-state index contributed by atoms with van der Waals surface area (Å²) in [6, 6.07) is 7.06. The molecule has 0 spiro atoms. The largest absolute Gasteiger partial charge is 0.393 e. The van der Waals surface area contributed by atoms with Crippen LogP contribution in [0.1, 0.15) is 47.8 Å². The number of benzene rings is 1. The summed E-state index contributed by atoms with van der Waals surface area (Å²) >= 11 is 0. The molecule has 0 saturated carbocycles. The van der Waals surface area contributed by atoms with E-state index in [4.69, 9.17) is 0 Å². The zero-order valence-corrected chi connectivity index (χ0v) is 17.0. The van der Waals surface area contributed by atoms with Crippen LogP contribution in [0.4, 0.5) is 14.5 Å². The molecule has 2 saturated heterocycles. The van der Waals surface area contributed by atoms with Gasteiger partial charge in [0.1, 0.15) is 23.0 Å². The number of hydrogen-bond acceptors (Lipinski definition) is 4. The summed E-state index contributed by atoms with van der Waals surface area (Å²) in [7, 11) is 0. The lowest BCUT2D eigenvalue weighted by atomic mass is 10.0. The van der Waals surface area contributed by atoms with Gasteiger partial charge in [0.25, 0.3) is 5.91 Å². The van der Waals surface area contributed by atoms with E-state index in [1.54, 1.807) is 15.5 Å². The van der Waals surface area contributed by atoms with Crippen molar-refractivity contribution in [3.05, 3.63) is 65.6 Å². The molecule has 2 aliphatic rings. The van der Waals surface area contributed by atoms with Gasteiger partial charge >= 0.3 is 0 Å². The predicted octanol–water partition coefficient (Wildman–Crippen LogP) is 3.55. The van der Waals surface area contributed by atoms with Gasteiger partial charge in [0, 0.05) is 31.4 Å². The highest BCUT2D eigenvalue weighted by molar-refractivity contribution is 5.93. The smallest absolute Gasteiger partial charge is 0.272 e. The monoisotopic (exact) mass is 426 g/mol. The van der Waals surface area contributed by atoms with Crippen molar-refractivity contribution in [2.24, 2.45) is 0 Å². The highest BCUT2D eigenvalue weighted by Gasteiger charge is 2.30. The maximum absolute atomic E-state index is 14.4. The molecule has 162 valence electrons. The SMILES string of the molecule is O=C(c1cnc2ccc(N3CCC[C@H]3c3cc(F)ccc3F)cn12)N1CCC(O)CC1. The number of nitrogens with zero attached hydrogens (tertiary/aromatic N) is 4. The number of pyridine rings is 1. The van der Waals surface area contributed by atoms with Gasteiger partial charge in [-0.3, -0.25) is 9.20 Å². The lowest BCUT2D eigenvalue weighted by molar-refractivity contribution is 0.0540. The number of likely N-dealkylation sites (tertiary alicyclic amines) is 1. The van der Waals surface area contributed by atoms with Gasteiger partial charge in [-0.15, -0.1) is 0 Å². The van der Waals surface area contributed by atoms with E-state index in [9.17, 15) is 18.7 Å². The predicted molar refractivity (Wildman–Crippen MR) is 112 cm³/mol. The highest BCUT2D eigenvalue weighted by Crippen LogP contribution is 2.37. The number of hydrogen-bond donors (Lipinski definition) is 1. The number of fused-ring (bicyclic) bond motifs is 1. The Morgan fingerprint density at radius 2 is 1.87 bits per heavy atom. The number of halogens is 2. The fraction of sp³-hybridized carbons (Fsp3) is 0.391. The Bertz CT molecular complexity index is 1120. The van der Waals surface area contributed by atoms with Crippen molar-refractivity contribution < 1.29 is 18.7 Å². The molecule has 0 aliphatic carbocycles. The molecule has 1 amide bonds. The number of rotatable bonds is 3. The van der Waals surface area contributed by atoms with Crippen LogP contribution in [0.25, 0.3) is 5.65 Å². The molecule has 8 heteroatoms. The van der Waals surface area contributed by atoms with Gasteiger partial charge < -0.3 is 14.9 Å². The van der Waals surface area contributed by atoms with Crippen LogP contribution < -0.4 is 4.90 Å². The van der Waals surface area contributed by atoms with Gasteiger partial charge in [0.05, 0.1) is 24.0 Å². The Morgan fingerprint density at radius 3 is 2.68 bits per heavy atom. The minimum atomic E-state index is -0.451. The number of aliphatic hydroxyl groups excluding tert-OH is 1. The highest BCUT2D eigenvalue weighted by atomic mass is 19.1. The van der Waals surface area contributed by atoms with Crippen LogP contribution in [-0.4, -0.2) is 51.0 Å². The van der Waals surface area contributed by atoms with E-state index in [-0.39, 0.29) is 18.1 Å². The van der Waals surface area contributed by atoms with Crippen molar-refractivity contribution in [3.8, 4) is 0 Å². The van der Waals surface area contributed by atoms with E-state index in [2.05, 4.69) is 9.88 Å². The second-order valence-electron chi connectivity index (χ2n) is 8.30. The third-order valence-electron chi connectivity index (χ3n) is 6.36. The fourth-order valence-corrected chi connectivity index (χ4v) is 4.70. The first-order chi connectivity index (χ1) is 15.0. The standard InChI is InChI=1S/C23H24F2N4O2/c24-15-3-5-19(25)18(12-15)20-2-1-9-28(20)16-4-6-22-26-13-21(29(22)14-16)23(31)27-10-7-17(30)8-11-27/h3-6,12-14,17,20,30H,1-2,7-11H2/t20-/m0/s1. The number of carbonyl (C=O) groups is 1. The van der Waals surface area contributed by atoms with Crippen LogP contribution in [-0.2, 0) is 0 Å². The van der Waals surface area contributed by atoms with Gasteiger partial charge in [-0.2, -0.15) is 0 Å². The van der Waals surface area contributed by atoms with Crippen LogP contribution >= 0.6 is 0 Å². The van der Waals surface area contributed by atoms with Gasteiger partial charge in [-0.25, -0.2) is 13.8 Å². The van der Waals surface area contributed by atoms with Crippen LogP contribution in [0.5, 0.6) is 0 Å². The average Bonchev–Trinajstić information content (AvgIpc) is 3.42. The zero-order valence-electron chi connectivity index (χ0n) is 17.0. The molecule has 0 bridgehead atoms. The maximum Gasteiger partial charge on any atom is 0.272 e. The van der Waals surface area contributed by atoms with Crippen LogP contribution in [0.2, 0.25) is 0 Å². The van der Waals surface area contributed by atoms with Crippen molar-refractivity contribution >= 4 is 17.2 Å². The molecule has 1 atom stereocenters. The summed E-state index contributed by atoms with van der Waals surface area (Å²) < 4.78 is 30.0. The Labute approximate surface area is 178 Å². The number of amides is 1. The number of piperidine rings is 1. The Hall–Kier alpha value is -3.00. The van der Waals surface area contributed by atoms with E-state index >= 15 is 0 Å². The minimum absolute atomic E-state index is 0.120. The van der Waals surface area contributed by atoms with E-state index in [0.29, 0.717) is 49.4 Å². The molecule has 0 radical (unpaired) electrons. The summed E-state index contributed by atoms with van der Waals surface area (Å²) in [6.07, 6.45) is 5.80. The molecular weight excluding hydrogens is 402 g/mol. The van der Waals surface area contributed by atoms with Crippen LogP contribution in [0, 0.1) is 11.6 Å². The van der Waals surface area contributed by atoms with Crippen molar-refractivity contribution in [1.82, 2.24) is 14.3 Å². The van der Waals surface area contributed by atoms with Crippen LogP contribution in [0.3, 0.4) is 0 Å². The van der Waals surface area contributed by atoms with Gasteiger partial charge in [-0.1, -0.05) is 0 Å². The molecule has 2 aromatic heterocycles. The molecular formula is C23H24F2N4O2. The molecule has 1 aromatic carbocycles. The van der Waals surface area contributed by atoms with Crippen molar-refractivity contribution in [1.29, 1.82) is 0 Å². The van der Waals surface area contributed by atoms with Gasteiger partial charge in [-0.05, 0) is 56.0 Å². The topological polar surface area (TPSA) is 61.1 Å². The fourth-order valence-electron chi connectivity index (χ4n) is 4.70. The van der Waals surface area contributed by atoms with Crippen molar-refractivity contribution in [2.45, 2.75) is 37.8 Å². The van der Waals surface area contributed by atoms with E-state index < -0.39 is 11.6 Å². The third-order valence-corrected chi connectivity index (χ3v) is 6.36. The number of imidazole rings is 1. The lowest BCUT2D eigenvalue weighted by Gasteiger charge is -2.29. The molecule has 2 fully saturated rings. The minimum Gasteiger partial charge on any atom is -0.393 e. The second-order valence-corrected chi connectivity index (χ2v) is 8.30. The molecule has 6 nitrogen and oxygen atoms in total. The summed E-state index contributed by atoms with van der Waals surface area (Å²) in [5, 5.41) is 9.71. The number of aromatic nitrogens is 2. The maximum atomic E-state index is 14.4. The van der Waals surface area contributed by atoms with E-state index in [0.717, 1.165) is 24.6 Å².